The molecule has 0 unspecified atom stereocenters. The van der Waals surface area contributed by atoms with Crippen molar-refractivity contribution in [1.29, 1.82) is 0 Å². The number of hydrogen-bond acceptors (Lipinski definition) is 6. The van der Waals surface area contributed by atoms with E-state index < -0.39 is 18.0 Å². The number of urea groups is 1. The van der Waals surface area contributed by atoms with Gasteiger partial charge < -0.3 is 26.0 Å². The largest absolute Gasteiger partial charge is 0.394 e. The van der Waals surface area contributed by atoms with Gasteiger partial charge in [-0.25, -0.2) is 4.79 Å². The lowest BCUT2D eigenvalue weighted by Gasteiger charge is -2.14. The summed E-state index contributed by atoms with van der Waals surface area (Å²) >= 11 is 1.24. The van der Waals surface area contributed by atoms with Gasteiger partial charge in [0.1, 0.15) is 5.00 Å². The van der Waals surface area contributed by atoms with Crippen molar-refractivity contribution in [2.45, 2.75) is 19.1 Å². The quantitative estimate of drug-likeness (QED) is 0.494. The van der Waals surface area contributed by atoms with Crippen molar-refractivity contribution in [3.05, 3.63) is 16.0 Å². The molecule has 3 amide bonds. The Bertz CT molecular complexity index is 541. The number of nitrogens with two attached hydrogens (primary N) is 1. The first-order valence-electron chi connectivity index (χ1n) is 6.38. The van der Waals surface area contributed by atoms with Gasteiger partial charge in [0.2, 0.25) is 0 Å². The second kappa shape index (κ2) is 6.85. The normalized spacial score (nSPS) is 13.9. The highest BCUT2D eigenvalue weighted by molar-refractivity contribution is 7.17. The minimum Gasteiger partial charge on any atom is -0.394 e. The lowest BCUT2D eigenvalue weighted by Crippen LogP contribution is -2.42. The molecule has 1 aromatic heterocycles. The minimum atomic E-state index is -0.764. The van der Waals surface area contributed by atoms with Crippen molar-refractivity contribution in [2.75, 3.05) is 25.1 Å². The van der Waals surface area contributed by atoms with Crippen LogP contribution in [0, 0.1) is 0 Å². The molecule has 21 heavy (non-hydrogen) atoms. The van der Waals surface area contributed by atoms with Gasteiger partial charge in [0, 0.05) is 4.88 Å². The Morgan fingerprint density at radius 2 is 2.10 bits per heavy atom. The van der Waals surface area contributed by atoms with Crippen LogP contribution in [0.4, 0.5) is 9.80 Å². The van der Waals surface area contributed by atoms with E-state index in [1.165, 1.54) is 11.3 Å². The van der Waals surface area contributed by atoms with E-state index in [-0.39, 0.29) is 13.2 Å². The molecule has 0 fully saturated rings. The SMILES string of the molecule is NC(=O)c1c(NC(=O)NC(CO)CO)sc2c1CCOC2. The van der Waals surface area contributed by atoms with Gasteiger partial charge in [0.25, 0.3) is 5.91 Å². The summed E-state index contributed by atoms with van der Waals surface area (Å²) in [6.45, 7) is 0.120. The number of thiophene rings is 1. The summed E-state index contributed by atoms with van der Waals surface area (Å²) in [5.41, 5.74) is 6.51. The third-order valence-electron chi connectivity index (χ3n) is 3.07. The summed E-state index contributed by atoms with van der Waals surface area (Å²) in [5.74, 6) is -0.606. The molecule has 6 N–H and O–H groups in total. The second-order valence-corrected chi connectivity index (χ2v) is 5.64. The predicted molar refractivity (Wildman–Crippen MR) is 76.3 cm³/mol. The summed E-state index contributed by atoms with van der Waals surface area (Å²) in [6, 6.07) is -1.38. The molecule has 1 aromatic rings. The maximum absolute atomic E-state index is 11.8. The summed E-state index contributed by atoms with van der Waals surface area (Å²) < 4.78 is 5.31. The zero-order valence-corrected chi connectivity index (χ0v) is 12.0. The van der Waals surface area contributed by atoms with Crippen molar-refractivity contribution >= 4 is 28.3 Å². The van der Waals surface area contributed by atoms with Crippen LogP contribution in [0.15, 0.2) is 0 Å². The fourth-order valence-corrected chi connectivity index (χ4v) is 3.24. The van der Waals surface area contributed by atoms with Crippen LogP contribution in [-0.2, 0) is 17.8 Å². The van der Waals surface area contributed by atoms with Gasteiger partial charge in [-0.3, -0.25) is 10.1 Å². The topological polar surface area (TPSA) is 134 Å². The van der Waals surface area contributed by atoms with Crippen molar-refractivity contribution < 1.29 is 24.5 Å². The van der Waals surface area contributed by atoms with Gasteiger partial charge in [0.05, 0.1) is 38.0 Å². The minimum absolute atomic E-state index is 0.304. The van der Waals surface area contributed by atoms with Gasteiger partial charge in [0.15, 0.2) is 0 Å². The molecule has 0 bridgehead atoms. The van der Waals surface area contributed by atoms with E-state index in [0.717, 1.165) is 10.4 Å². The number of aliphatic hydroxyl groups excluding tert-OH is 2. The number of nitrogens with one attached hydrogen (secondary N) is 2. The zero-order valence-electron chi connectivity index (χ0n) is 11.2. The molecule has 1 aliphatic rings. The number of primary amides is 1. The molecule has 0 aromatic carbocycles. The number of anilines is 1. The molecule has 2 heterocycles. The molecule has 0 aliphatic carbocycles. The van der Waals surface area contributed by atoms with Crippen LogP contribution in [-0.4, -0.2) is 48.0 Å². The van der Waals surface area contributed by atoms with Crippen molar-refractivity contribution in [1.82, 2.24) is 5.32 Å². The van der Waals surface area contributed by atoms with Crippen LogP contribution in [0.3, 0.4) is 0 Å². The van der Waals surface area contributed by atoms with Crippen molar-refractivity contribution in [3.63, 3.8) is 0 Å². The number of ether oxygens (including phenoxy) is 1. The average Bonchev–Trinajstić information content (AvgIpc) is 2.82. The molecule has 0 saturated heterocycles. The summed E-state index contributed by atoms with van der Waals surface area (Å²) in [4.78, 5) is 24.3. The summed E-state index contributed by atoms with van der Waals surface area (Å²) in [5, 5.41) is 23.1. The molecule has 0 saturated carbocycles. The molecular weight excluding hydrogens is 298 g/mol. The van der Waals surface area contributed by atoms with E-state index >= 15 is 0 Å². The molecule has 2 rings (SSSR count). The number of hydrogen-bond donors (Lipinski definition) is 5. The number of rotatable bonds is 5. The van der Waals surface area contributed by atoms with Crippen LogP contribution in [0.5, 0.6) is 0 Å². The Kier molecular flexibility index (Phi) is 5.12. The lowest BCUT2D eigenvalue weighted by molar-refractivity contribution is 0.0991. The number of carbonyl (C=O) groups excluding carboxylic acids is 2. The van der Waals surface area contributed by atoms with E-state index in [2.05, 4.69) is 10.6 Å². The second-order valence-electron chi connectivity index (χ2n) is 4.54. The standard InChI is InChI=1S/C12H17N3O5S/c13-10(18)9-7-1-2-20-5-8(7)21-11(9)15-12(19)14-6(3-16)4-17/h6,16-17H,1-5H2,(H2,13,18)(H2,14,15,19). The average molecular weight is 315 g/mol. The van der Waals surface area contributed by atoms with Crippen molar-refractivity contribution in [3.8, 4) is 0 Å². The van der Waals surface area contributed by atoms with E-state index in [1.807, 2.05) is 0 Å². The highest BCUT2D eigenvalue weighted by Gasteiger charge is 2.25. The molecule has 8 nitrogen and oxygen atoms in total. The first-order chi connectivity index (χ1) is 10.1. The Morgan fingerprint density at radius 1 is 1.38 bits per heavy atom. The number of amides is 3. The first kappa shape index (κ1) is 15.7. The van der Waals surface area contributed by atoms with Crippen LogP contribution >= 0.6 is 11.3 Å². The van der Waals surface area contributed by atoms with Crippen LogP contribution < -0.4 is 16.4 Å². The van der Waals surface area contributed by atoms with Crippen LogP contribution in [0.25, 0.3) is 0 Å². The summed E-state index contributed by atoms with van der Waals surface area (Å²) in [7, 11) is 0. The van der Waals surface area contributed by atoms with Gasteiger partial charge in [-0.2, -0.15) is 0 Å². The maximum atomic E-state index is 11.8. The molecule has 0 radical (unpaired) electrons. The summed E-state index contributed by atoms with van der Waals surface area (Å²) in [6.07, 6.45) is 0.573. The lowest BCUT2D eigenvalue weighted by atomic mass is 10.1. The highest BCUT2D eigenvalue weighted by Crippen LogP contribution is 2.36. The van der Waals surface area contributed by atoms with Crippen LogP contribution in [0.2, 0.25) is 0 Å². The van der Waals surface area contributed by atoms with E-state index in [4.69, 9.17) is 20.7 Å². The Morgan fingerprint density at radius 3 is 2.71 bits per heavy atom. The van der Waals surface area contributed by atoms with Gasteiger partial charge >= 0.3 is 6.03 Å². The van der Waals surface area contributed by atoms with Gasteiger partial charge in [-0.1, -0.05) is 0 Å². The highest BCUT2D eigenvalue weighted by atomic mass is 32.1. The molecule has 116 valence electrons. The smallest absolute Gasteiger partial charge is 0.320 e. The molecule has 1 aliphatic heterocycles. The fraction of sp³-hybridized carbons (Fsp3) is 0.500. The van der Waals surface area contributed by atoms with Crippen LogP contribution in [0.1, 0.15) is 20.8 Å². The Balaban J connectivity index is 2.18. The van der Waals surface area contributed by atoms with E-state index in [9.17, 15) is 9.59 Å². The monoisotopic (exact) mass is 315 g/mol. The van der Waals surface area contributed by atoms with E-state index in [1.54, 1.807) is 0 Å². The molecular formula is C12H17N3O5S. The third kappa shape index (κ3) is 3.50. The molecule has 0 spiro atoms. The first-order valence-corrected chi connectivity index (χ1v) is 7.19. The zero-order chi connectivity index (χ0) is 15.4. The van der Waals surface area contributed by atoms with Crippen molar-refractivity contribution in [2.24, 2.45) is 5.73 Å². The fourth-order valence-electron chi connectivity index (χ4n) is 2.05. The van der Waals surface area contributed by atoms with Gasteiger partial charge in [-0.05, 0) is 12.0 Å². The van der Waals surface area contributed by atoms with Gasteiger partial charge in [-0.15, -0.1) is 11.3 Å². The third-order valence-corrected chi connectivity index (χ3v) is 4.19. The Hall–Kier alpha value is -1.68. The number of carbonyl (C=O) groups is 2. The molecule has 9 heteroatoms. The predicted octanol–water partition coefficient (Wildman–Crippen LogP) is -0.606. The maximum Gasteiger partial charge on any atom is 0.320 e. The number of fused-ring (bicyclic) bond motifs is 1. The van der Waals surface area contributed by atoms with E-state index in [0.29, 0.717) is 30.2 Å². The Labute approximate surface area is 124 Å². The number of aliphatic hydroxyl groups is 2. The molecule has 0 atom stereocenters.